The van der Waals surface area contributed by atoms with Crippen molar-refractivity contribution in [1.82, 2.24) is 0 Å². The number of nitrogens with two attached hydrogens (primary N) is 1. The minimum atomic E-state index is -0.534. The van der Waals surface area contributed by atoms with E-state index in [4.69, 9.17) is 22.1 Å². The highest BCUT2D eigenvalue weighted by Gasteiger charge is 2.18. The maximum atomic E-state index is 11.9. The van der Waals surface area contributed by atoms with Crippen LogP contribution in [0.2, 0.25) is 5.02 Å². The molecule has 4 heteroatoms. The molecule has 0 aromatic heterocycles. The van der Waals surface area contributed by atoms with Crippen LogP contribution >= 0.6 is 11.6 Å². The van der Waals surface area contributed by atoms with E-state index < -0.39 is 6.04 Å². The second kappa shape index (κ2) is 5.32. The molecular weight excluding hydrogens is 226 g/mol. The lowest BCUT2D eigenvalue weighted by Crippen LogP contribution is -2.27. The maximum absolute atomic E-state index is 11.9. The molecule has 0 amide bonds. The minimum Gasteiger partial charge on any atom is -0.496 e. The van der Waals surface area contributed by atoms with E-state index in [9.17, 15) is 4.79 Å². The first kappa shape index (κ1) is 13.0. The van der Waals surface area contributed by atoms with E-state index in [-0.39, 0.29) is 5.78 Å². The van der Waals surface area contributed by atoms with Gasteiger partial charge in [0.2, 0.25) is 0 Å². The molecule has 0 heterocycles. The molecule has 1 aromatic rings. The van der Waals surface area contributed by atoms with Crippen molar-refractivity contribution in [3.05, 3.63) is 28.3 Å². The third kappa shape index (κ3) is 2.54. The van der Waals surface area contributed by atoms with Crippen LogP contribution in [0.1, 0.15) is 29.8 Å². The van der Waals surface area contributed by atoms with Gasteiger partial charge in [0.15, 0.2) is 5.78 Å². The largest absolute Gasteiger partial charge is 0.496 e. The Labute approximate surface area is 101 Å². The highest BCUT2D eigenvalue weighted by molar-refractivity contribution is 6.31. The summed E-state index contributed by atoms with van der Waals surface area (Å²) < 4.78 is 5.21. The summed E-state index contributed by atoms with van der Waals surface area (Å²) in [5.41, 5.74) is 7.01. The van der Waals surface area contributed by atoms with Gasteiger partial charge in [0.1, 0.15) is 5.75 Å². The average molecular weight is 242 g/mol. The number of Topliss-reactive ketones (excluding diaryl/α,β-unsaturated/α-hetero) is 1. The molecule has 0 aliphatic rings. The van der Waals surface area contributed by atoms with Crippen LogP contribution < -0.4 is 10.5 Å². The molecular formula is C12H16ClNO2. The van der Waals surface area contributed by atoms with Gasteiger partial charge < -0.3 is 10.5 Å². The highest BCUT2D eigenvalue weighted by Crippen LogP contribution is 2.28. The van der Waals surface area contributed by atoms with Crippen LogP contribution in [-0.4, -0.2) is 18.9 Å². The Bertz CT molecular complexity index is 402. The van der Waals surface area contributed by atoms with E-state index in [1.807, 2.05) is 6.92 Å². The second-order valence-electron chi connectivity index (χ2n) is 3.64. The number of ether oxygens (including phenoxy) is 1. The summed E-state index contributed by atoms with van der Waals surface area (Å²) in [6.45, 7) is 3.62. The number of hydrogen-bond acceptors (Lipinski definition) is 3. The zero-order valence-corrected chi connectivity index (χ0v) is 10.5. The van der Waals surface area contributed by atoms with Crippen molar-refractivity contribution >= 4 is 17.4 Å². The molecule has 88 valence electrons. The van der Waals surface area contributed by atoms with Gasteiger partial charge in [0, 0.05) is 16.1 Å². The molecule has 1 rings (SSSR count). The van der Waals surface area contributed by atoms with Crippen LogP contribution in [0.4, 0.5) is 0 Å². The number of halogens is 1. The van der Waals surface area contributed by atoms with Gasteiger partial charge in [-0.3, -0.25) is 4.79 Å². The highest BCUT2D eigenvalue weighted by atomic mass is 35.5. The summed E-state index contributed by atoms with van der Waals surface area (Å²) in [6, 6.07) is 2.82. The summed E-state index contributed by atoms with van der Waals surface area (Å²) in [5.74, 6) is 0.525. The van der Waals surface area contributed by atoms with Gasteiger partial charge in [-0.2, -0.15) is 0 Å². The number of carbonyl (C=O) groups excluding carboxylic acids is 1. The predicted octanol–water partition coefficient (Wildman–Crippen LogP) is 2.44. The number of carbonyl (C=O) groups is 1. The molecule has 0 saturated carbocycles. The fourth-order valence-corrected chi connectivity index (χ4v) is 1.83. The summed E-state index contributed by atoms with van der Waals surface area (Å²) >= 11 is 5.93. The molecule has 3 nitrogen and oxygen atoms in total. The third-order valence-corrected chi connectivity index (χ3v) is 2.64. The van der Waals surface area contributed by atoms with Gasteiger partial charge in [0.25, 0.3) is 0 Å². The maximum Gasteiger partial charge on any atom is 0.179 e. The molecule has 0 aliphatic heterocycles. The van der Waals surface area contributed by atoms with Crippen molar-refractivity contribution in [3.8, 4) is 5.75 Å². The van der Waals surface area contributed by atoms with Crippen LogP contribution in [0.15, 0.2) is 12.1 Å². The van der Waals surface area contributed by atoms with Crippen LogP contribution in [0.5, 0.6) is 5.75 Å². The van der Waals surface area contributed by atoms with E-state index in [2.05, 4.69) is 0 Å². The number of methoxy groups -OCH3 is 1. The minimum absolute atomic E-state index is 0.113. The standard InChI is InChI=1S/C12H16ClNO2/c1-4-9-10(12(15)7(2)14)5-8(13)6-11(9)16-3/h5-7H,4,14H2,1-3H3. The van der Waals surface area contributed by atoms with E-state index in [0.717, 1.165) is 5.56 Å². The molecule has 16 heavy (non-hydrogen) atoms. The SMILES string of the molecule is CCc1c(OC)cc(Cl)cc1C(=O)C(C)N. The summed E-state index contributed by atoms with van der Waals surface area (Å²) in [6.07, 6.45) is 0.703. The number of rotatable bonds is 4. The van der Waals surface area contributed by atoms with Crippen LogP contribution in [-0.2, 0) is 6.42 Å². The van der Waals surface area contributed by atoms with Crippen LogP contribution in [0.25, 0.3) is 0 Å². The van der Waals surface area contributed by atoms with Gasteiger partial charge in [0.05, 0.1) is 13.2 Å². The molecule has 1 aromatic carbocycles. The fourth-order valence-electron chi connectivity index (χ4n) is 1.62. The van der Waals surface area contributed by atoms with E-state index in [0.29, 0.717) is 22.8 Å². The van der Waals surface area contributed by atoms with Gasteiger partial charge >= 0.3 is 0 Å². The Morgan fingerprint density at radius 3 is 2.62 bits per heavy atom. The lowest BCUT2D eigenvalue weighted by molar-refractivity contribution is 0.0966. The first-order valence-electron chi connectivity index (χ1n) is 5.17. The van der Waals surface area contributed by atoms with Crippen molar-refractivity contribution in [3.63, 3.8) is 0 Å². The van der Waals surface area contributed by atoms with Gasteiger partial charge in [-0.1, -0.05) is 18.5 Å². The Morgan fingerprint density at radius 2 is 2.19 bits per heavy atom. The van der Waals surface area contributed by atoms with Crippen molar-refractivity contribution in [1.29, 1.82) is 0 Å². The summed E-state index contributed by atoms with van der Waals surface area (Å²) in [5, 5.41) is 0.484. The molecule has 0 fully saturated rings. The molecule has 1 atom stereocenters. The first-order valence-corrected chi connectivity index (χ1v) is 5.55. The predicted molar refractivity (Wildman–Crippen MR) is 65.4 cm³/mol. The van der Waals surface area contributed by atoms with Gasteiger partial charge in [-0.15, -0.1) is 0 Å². The topological polar surface area (TPSA) is 52.3 Å². The van der Waals surface area contributed by atoms with Crippen molar-refractivity contribution < 1.29 is 9.53 Å². The quantitative estimate of drug-likeness (QED) is 0.824. The summed E-state index contributed by atoms with van der Waals surface area (Å²) in [4.78, 5) is 11.9. The van der Waals surface area contributed by atoms with Crippen LogP contribution in [0.3, 0.4) is 0 Å². The number of ketones is 1. The zero-order chi connectivity index (χ0) is 12.3. The fraction of sp³-hybridized carbons (Fsp3) is 0.417. The van der Waals surface area contributed by atoms with E-state index >= 15 is 0 Å². The Hall–Kier alpha value is -1.06. The smallest absolute Gasteiger partial charge is 0.179 e. The number of hydrogen-bond donors (Lipinski definition) is 1. The summed E-state index contributed by atoms with van der Waals surface area (Å²) in [7, 11) is 1.56. The van der Waals surface area contributed by atoms with Gasteiger partial charge in [-0.05, 0) is 25.5 Å². The third-order valence-electron chi connectivity index (χ3n) is 2.43. The molecule has 0 bridgehead atoms. The lowest BCUT2D eigenvalue weighted by Gasteiger charge is -2.14. The zero-order valence-electron chi connectivity index (χ0n) is 9.71. The lowest BCUT2D eigenvalue weighted by atomic mass is 9.97. The molecule has 0 saturated heterocycles. The van der Waals surface area contributed by atoms with Gasteiger partial charge in [-0.25, -0.2) is 0 Å². The molecule has 0 radical (unpaired) electrons. The second-order valence-corrected chi connectivity index (χ2v) is 4.08. The Kier molecular flexibility index (Phi) is 4.33. The Morgan fingerprint density at radius 1 is 1.56 bits per heavy atom. The van der Waals surface area contributed by atoms with Crippen molar-refractivity contribution in [2.75, 3.05) is 7.11 Å². The monoisotopic (exact) mass is 241 g/mol. The Balaban J connectivity index is 3.36. The van der Waals surface area contributed by atoms with Crippen molar-refractivity contribution in [2.45, 2.75) is 26.3 Å². The first-order chi connectivity index (χ1) is 7.51. The average Bonchev–Trinajstić information content (AvgIpc) is 2.26. The molecule has 0 spiro atoms. The van der Waals surface area contributed by atoms with E-state index in [1.54, 1.807) is 26.2 Å². The number of benzene rings is 1. The van der Waals surface area contributed by atoms with Crippen molar-refractivity contribution in [2.24, 2.45) is 5.73 Å². The normalized spacial score (nSPS) is 12.3. The van der Waals surface area contributed by atoms with E-state index in [1.165, 1.54) is 0 Å². The molecule has 0 aliphatic carbocycles. The molecule has 1 unspecified atom stereocenters. The molecule has 2 N–H and O–H groups in total. The van der Waals surface area contributed by atoms with Crippen LogP contribution in [0, 0.1) is 0 Å².